The lowest BCUT2D eigenvalue weighted by molar-refractivity contribution is 0.555. The predicted molar refractivity (Wildman–Crippen MR) is 104 cm³/mol. The number of hydrogen-bond acceptors (Lipinski definition) is 4. The number of sulfonamides is 1. The molecule has 134 valence electrons. The summed E-state index contributed by atoms with van der Waals surface area (Å²) in [7, 11) is -1.46. The zero-order valence-electron chi connectivity index (χ0n) is 14.1. The van der Waals surface area contributed by atoms with E-state index in [0.29, 0.717) is 19.0 Å². The summed E-state index contributed by atoms with van der Waals surface area (Å²) < 4.78 is 26.3. The fourth-order valence-corrected chi connectivity index (χ4v) is 2.45. The summed E-state index contributed by atoms with van der Waals surface area (Å²) in [5, 5.41) is 10.6. The molecule has 1 aromatic rings. The van der Waals surface area contributed by atoms with Crippen LogP contribution < -0.4 is 15.4 Å². The van der Waals surface area contributed by atoms with Crippen molar-refractivity contribution in [1.29, 1.82) is 0 Å². The molecule has 23 heavy (non-hydrogen) atoms. The molecule has 0 spiro atoms. The van der Waals surface area contributed by atoms with Gasteiger partial charge < -0.3 is 10.6 Å². The summed E-state index contributed by atoms with van der Waals surface area (Å²) in [6.07, 6.45) is 2.06. The lowest BCUT2D eigenvalue weighted by atomic mass is 10.4. The molecule has 0 aliphatic rings. The van der Waals surface area contributed by atoms with Crippen LogP contribution in [0.5, 0.6) is 0 Å². The van der Waals surface area contributed by atoms with E-state index in [9.17, 15) is 8.42 Å². The van der Waals surface area contributed by atoms with Crippen molar-refractivity contribution >= 4 is 40.0 Å². The Morgan fingerprint density at radius 1 is 1.26 bits per heavy atom. The number of aryl methyl sites for hydroxylation is 3. The van der Waals surface area contributed by atoms with E-state index in [1.165, 1.54) is 0 Å². The summed E-state index contributed by atoms with van der Waals surface area (Å²) in [5.74, 6) is 0.656. The molecule has 0 amide bonds. The fourth-order valence-electron chi connectivity index (χ4n) is 1.97. The number of halogens is 1. The van der Waals surface area contributed by atoms with Crippen LogP contribution in [0.1, 0.15) is 17.8 Å². The first-order valence-electron chi connectivity index (χ1n) is 7.22. The van der Waals surface area contributed by atoms with Crippen LogP contribution in [0.15, 0.2) is 11.1 Å². The molecular weight excluding hydrogens is 431 g/mol. The summed E-state index contributed by atoms with van der Waals surface area (Å²) in [5.41, 5.74) is 2.19. The number of nitrogens with one attached hydrogen (secondary N) is 3. The highest BCUT2D eigenvalue weighted by Crippen LogP contribution is 2.02. The van der Waals surface area contributed by atoms with E-state index in [-0.39, 0.29) is 24.0 Å². The van der Waals surface area contributed by atoms with Crippen LogP contribution >= 0.6 is 24.0 Å². The summed E-state index contributed by atoms with van der Waals surface area (Å²) >= 11 is 0. The summed E-state index contributed by atoms with van der Waals surface area (Å²) in [6, 6.07) is 2.06. The zero-order valence-corrected chi connectivity index (χ0v) is 17.2. The van der Waals surface area contributed by atoms with Crippen LogP contribution in [-0.2, 0) is 16.6 Å². The molecule has 0 saturated heterocycles. The molecule has 1 heterocycles. The second-order valence-corrected chi connectivity index (χ2v) is 6.93. The van der Waals surface area contributed by atoms with Crippen molar-refractivity contribution < 1.29 is 8.42 Å². The van der Waals surface area contributed by atoms with Gasteiger partial charge >= 0.3 is 0 Å². The summed E-state index contributed by atoms with van der Waals surface area (Å²) in [6.45, 7) is 6.44. The molecule has 1 aromatic heterocycles. The summed E-state index contributed by atoms with van der Waals surface area (Å²) in [4.78, 5) is 4.08. The minimum absolute atomic E-state index is 0. The van der Waals surface area contributed by atoms with Gasteiger partial charge in [-0.05, 0) is 26.3 Å². The first-order chi connectivity index (χ1) is 10.3. The Kier molecular flexibility index (Phi) is 10.4. The van der Waals surface area contributed by atoms with Crippen molar-refractivity contribution in [1.82, 2.24) is 25.1 Å². The Balaban J connectivity index is 0.00000484. The molecule has 8 nitrogen and oxygen atoms in total. The highest BCUT2D eigenvalue weighted by Gasteiger charge is 2.02. The van der Waals surface area contributed by atoms with Gasteiger partial charge in [0.2, 0.25) is 10.0 Å². The number of rotatable bonds is 8. The molecular formula is C13H27IN6O2S. The van der Waals surface area contributed by atoms with Crippen LogP contribution in [0, 0.1) is 13.8 Å². The number of hydrogen-bond donors (Lipinski definition) is 3. The van der Waals surface area contributed by atoms with Gasteiger partial charge in [0.25, 0.3) is 0 Å². The smallest absolute Gasteiger partial charge is 0.208 e. The lowest BCUT2D eigenvalue weighted by Crippen LogP contribution is -2.41. The quantitative estimate of drug-likeness (QED) is 0.224. The Hall–Kier alpha value is -0.880. The van der Waals surface area contributed by atoms with Gasteiger partial charge in [-0.25, -0.2) is 13.1 Å². The van der Waals surface area contributed by atoms with Crippen molar-refractivity contribution in [3.8, 4) is 0 Å². The molecule has 0 radical (unpaired) electrons. The standard InChI is InChI=1S/C13H26N6O2S.HI/c1-11-10-12(2)19(18-11)9-5-6-15-13(14-3)16-7-8-17-22(4,20)21;/h10,17H,5-9H2,1-4H3,(H2,14,15,16);1H. The van der Waals surface area contributed by atoms with Crippen molar-refractivity contribution in [3.05, 3.63) is 17.5 Å². The Morgan fingerprint density at radius 3 is 2.43 bits per heavy atom. The fraction of sp³-hybridized carbons (Fsp3) is 0.692. The molecule has 0 saturated carbocycles. The predicted octanol–water partition coefficient (Wildman–Crippen LogP) is 0.222. The first kappa shape index (κ1) is 22.1. The van der Waals surface area contributed by atoms with E-state index < -0.39 is 10.0 Å². The molecule has 0 aliphatic heterocycles. The highest BCUT2D eigenvalue weighted by molar-refractivity contribution is 14.0. The van der Waals surface area contributed by atoms with Gasteiger partial charge in [0.1, 0.15) is 0 Å². The Bertz CT molecular complexity index is 600. The van der Waals surface area contributed by atoms with Crippen molar-refractivity contribution in [2.45, 2.75) is 26.8 Å². The number of aliphatic imine (C=N–C) groups is 1. The van der Waals surface area contributed by atoms with Crippen molar-refractivity contribution in [3.63, 3.8) is 0 Å². The second kappa shape index (κ2) is 10.8. The van der Waals surface area contributed by atoms with E-state index in [1.54, 1.807) is 7.05 Å². The van der Waals surface area contributed by atoms with Crippen LogP contribution in [0.4, 0.5) is 0 Å². The molecule has 0 atom stereocenters. The molecule has 0 aromatic carbocycles. The second-order valence-electron chi connectivity index (χ2n) is 5.10. The molecule has 3 N–H and O–H groups in total. The normalized spacial score (nSPS) is 11.9. The third kappa shape index (κ3) is 9.76. The maximum atomic E-state index is 10.9. The average Bonchev–Trinajstić information content (AvgIpc) is 2.74. The third-order valence-electron chi connectivity index (χ3n) is 2.95. The highest BCUT2D eigenvalue weighted by atomic mass is 127. The molecule has 0 aliphatic carbocycles. The van der Waals surface area contributed by atoms with Gasteiger partial charge in [-0.1, -0.05) is 0 Å². The lowest BCUT2D eigenvalue weighted by Gasteiger charge is -2.12. The maximum absolute atomic E-state index is 10.9. The average molecular weight is 458 g/mol. The Labute approximate surface area is 155 Å². The SMILES string of the molecule is CN=C(NCCCn1nc(C)cc1C)NCCNS(C)(=O)=O.I. The van der Waals surface area contributed by atoms with E-state index in [2.05, 4.69) is 31.5 Å². The van der Waals surface area contributed by atoms with E-state index >= 15 is 0 Å². The Morgan fingerprint density at radius 2 is 1.91 bits per heavy atom. The topological polar surface area (TPSA) is 100 Å². The first-order valence-corrected chi connectivity index (χ1v) is 9.11. The minimum Gasteiger partial charge on any atom is -0.356 e. The van der Waals surface area contributed by atoms with Crippen LogP contribution in [-0.4, -0.2) is 57.1 Å². The minimum atomic E-state index is -3.14. The van der Waals surface area contributed by atoms with Crippen LogP contribution in [0.2, 0.25) is 0 Å². The molecule has 10 heteroatoms. The molecule has 0 fully saturated rings. The van der Waals surface area contributed by atoms with Crippen molar-refractivity contribution in [2.24, 2.45) is 4.99 Å². The van der Waals surface area contributed by atoms with Gasteiger partial charge in [0, 0.05) is 38.9 Å². The molecule has 0 unspecified atom stereocenters. The number of guanidine groups is 1. The van der Waals surface area contributed by atoms with Gasteiger partial charge in [-0.15, -0.1) is 24.0 Å². The monoisotopic (exact) mass is 458 g/mol. The van der Waals surface area contributed by atoms with E-state index in [4.69, 9.17) is 0 Å². The van der Waals surface area contributed by atoms with Crippen LogP contribution in [0.3, 0.4) is 0 Å². The van der Waals surface area contributed by atoms with Gasteiger partial charge in [-0.2, -0.15) is 5.10 Å². The van der Waals surface area contributed by atoms with Gasteiger partial charge in [0.05, 0.1) is 11.9 Å². The largest absolute Gasteiger partial charge is 0.356 e. The number of aromatic nitrogens is 2. The zero-order chi connectivity index (χ0) is 16.6. The van der Waals surface area contributed by atoms with Gasteiger partial charge in [0.15, 0.2) is 5.96 Å². The number of nitrogens with zero attached hydrogens (tertiary/aromatic N) is 3. The molecule has 0 bridgehead atoms. The van der Waals surface area contributed by atoms with E-state index in [0.717, 1.165) is 37.2 Å². The van der Waals surface area contributed by atoms with Crippen molar-refractivity contribution in [2.75, 3.05) is 32.9 Å². The van der Waals surface area contributed by atoms with E-state index in [1.807, 2.05) is 18.5 Å². The maximum Gasteiger partial charge on any atom is 0.208 e. The third-order valence-corrected chi connectivity index (χ3v) is 3.68. The van der Waals surface area contributed by atoms with Gasteiger partial charge in [-0.3, -0.25) is 9.67 Å². The molecule has 1 rings (SSSR count). The van der Waals surface area contributed by atoms with Crippen LogP contribution in [0.25, 0.3) is 0 Å².